The third-order valence-electron chi connectivity index (χ3n) is 5.64. The maximum absolute atomic E-state index is 13.3. The van der Waals surface area contributed by atoms with Crippen LogP contribution >= 0.6 is 11.3 Å². The number of hydrogen-bond acceptors (Lipinski definition) is 5. The summed E-state index contributed by atoms with van der Waals surface area (Å²) in [6.45, 7) is 0. The second-order valence-corrected chi connectivity index (χ2v) is 10.8. The fourth-order valence-corrected chi connectivity index (χ4v) is 5.65. The Balaban J connectivity index is 1.67. The van der Waals surface area contributed by atoms with Crippen LogP contribution in [0.3, 0.4) is 0 Å². The Hall–Kier alpha value is -2.46. The fraction of sp³-hybridized carbons (Fsp3) is 0.333. The van der Waals surface area contributed by atoms with Crippen LogP contribution in [0.4, 0.5) is 18.3 Å². The number of nitrogens with zero attached hydrogens (tertiary/aromatic N) is 1. The minimum absolute atomic E-state index is 0.151. The first-order chi connectivity index (χ1) is 14.5. The number of aromatic nitrogens is 1. The van der Waals surface area contributed by atoms with Crippen molar-refractivity contribution in [3.8, 4) is 0 Å². The molecule has 5 nitrogen and oxygen atoms in total. The molecular formula is C21H19F3N2O3S2. The molecule has 4 rings (SSSR count). The highest BCUT2D eigenvalue weighted by molar-refractivity contribution is 7.90. The maximum atomic E-state index is 13.3. The van der Waals surface area contributed by atoms with Gasteiger partial charge in [0, 0.05) is 6.26 Å². The monoisotopic (exact) mass is 468 g/mol. The van der Waals surface area contributed by atoms with E-state index in [2.05, 4.69) is 10.3 Å². The second-order valence-electron chi connectivity index (χ2n) is 7.74. The lowest BCUT2D eigenvalue weighted by molar-refractivity contribution is -0.137. The standard InChI is InChI=1S/C21H19F3N2O3S2/c1-31(28,29)15-7-8-16-17(12-15)30-19(25-16)26-18(27)20(9-2-3-10-20)13-5-4-6-14(11-13)21(22,23)24/h4-8,11-12H,2-3,9-10H2,1H3,(H,25,26,27). The molecular weight excluding hydrogens is 449 g/mol. The minimum Gasteiger partial charge on any atom is -0.301 e. The summed E-state index contributed by atoms with van der Waals surface area (Å²) >= 11 is 1.13. The van der Waals surface area contributed by atoms with Crippen LogP contribution in [-0.4, -0.2) is 25.6 Å². The van der Waals surface area contributed by atoms with Crippen molar-refractivity contribution >= 4 is 42.4 Å². The molecule has 1 heterocycles. The van der Waals surface area contributed by atoms with E-state index in [0.717, 1.165) is 42.6 Å². The van der Waals surface area contributed by atoms with Gasteiger partial charge in [0.15, 0.2) is 15.0 Å². The zero-order chi connectivity index (χ0) is 22.4. The Kier molecular flexibility index (Phi) is 5.33. The zero-order valence-electron chi connectivity index (χ0n) is 16.5. The lowest BCUT2D eigenvalue weighted by Gasteiger charge is -2.28. The van der Waals surface area contributed by atoms with Gasteiger partial charge in [-0.2, -0.15) is 13.2 Å². The highest BCUT2D eigenvalue weighted by atomic mass is 32.2. The molecule has 1 aliphatic carbocycles. The van der Waals surface area contributed by atoms with Crippen molar-refractivity contribution in [2.24, 2.45) is 0 Å². The molecule has 1 saturated carbocycles. The number of alkyl halides is 3. The van der Waals surface area contributed by atoms with Crippen LogP contribution < -0.4 is 5.32 Å². The van der Waals surface area contributed by atoms with E-state index >= 15 is 0 Å². The first-order valence-corrected chi connectivity index (χ1v) is 12.3. The lowest BCUT2D eigenvalue weighted by Crippen LogP contribution is -2.38. The summed E-state index contributed by atoms with van der Waals surface area (Å²) in [5.74, 6) is -0.397. The van der Waals surface area contributed by atoms with Gasteiger partial charge in [0.25, 0.3) is 0 Å². The number of sulfone groups is 1. The molecule has 0 atom stereocenters. The molecule has 3 aromatic rings. The van der Waals surface area contributed by atoms with Crippen molar-refractivity contribution in [3.05, 3.63) is 53.6 Å². The quantitative estimate of drug-likeness (QED) is 0.573. The molecule has 0 radical (unpaired) electrons. The van der Waals surface area contributed by atoms with Crippen LogP contribution in [0, 0.1) is 0 Å². The Morgan fingerprint density at radius 1 is 1.13 bits per heavy atom. The number of carbonyl (C=O) groups is 1. The van der Waals surface area contributed by atoms with Gasteiger partial charge >= 0.3 is 6.18 Å². The molecule has 1 aromatic heterocycles. The predicted molar refractivity (Wildman–Crippen MR) is 113 cm³/mol. The molecule has 10 heteroatoms. The van der Waals surface area contributed by atoms with Crippen molar-refractivity contribution in [2.75, 3.05) is 11.6 Å². The SMILES string of the molecule is CS(=O)(=O)c1ccc2nc(NC(=O)C3(c4cccc(C(F)(F)F)c4)CCCC3)sc2c1. The number of rotatable bonds is 4. The van der Waals surface area contributed by atoms with E-state index in [4.69, 9.17) is 0 Å². The van der Waals surface area contributed by atoms with Gasteiger partial charge < -0.3 is 5.32 Å². The van der Waals surface area contributed by atoms with E-state index in [0.29, 0.717) is 28.6 Å². The van der Waals surface area contributed by atoms with Gasteiger partial charge in [0.2, 0.25) is 5.91 Å². The van der Waals surface area contributed by atoms with Crippen molar-refractivity contribution in [1.82, 2.24) is 4.98 Å². The second kappa shape index (κ2) is 7.59. The summed E-state index contributed by atoms with van der Waals surface area (Å²) in [5, 5.41) is 3.05. The molecule has 1 N–H and O–H groups in total. The molecule has 1 amide bonds. The van der Waals surface area contributed by atoms with Gasteiger partial charge in [-0.25, -0.2) is 13.4 Å². The van der Waals surface area contributed by atoms with E-state index in [9.17, 15) is 26.4 Å². The summed E-state index contributed by atoms with van der Waals surface area (Å²) in [4.78, 5) is 17.8. The summed E-state index contributed by atoms with van der Waals surface area (Å²) in [5.41, 5.74) is -0.959. The number of anilines is 1. The maximum Gasteiger partial charge on any atom is 0.416 e. The lowest BCUT2D eigenvalue weighted by atomic mass is 9.77. The highest BCUT2D eigenvalue weighted by Crippen LogP contribution is 2.44. The summed E-state index contributed by atoms with van der Waals surface area (Å²) in [6.07, 6.45) is -1.01. The van der Waals surface area contributed by atoms with Crippen LogP contribution in [0.15, 0.2) is 47.4 Å². The summed E-state index contributed by atoms with van der Waals surface area (Å²) < 4.78 is 63.8. The number of hydrogen-bond donors (Lipinski definition) is 1. The third kappa shape index (κ3) is 4.18. The average Bonchev–Trinajstić information content (AvgIpc) is 3.33. The molecule has 0 bridgehead atoms. The third-order valence-corrected chi connectivity index (χ3v) is 7.69. The normalized spacial score (nSPS) is 16.5. The molecule has 2 aromatic carbocycles. The summed E-state index contributed by atoms with van der Waals surface area (Å²) in [6, 6.07) is 9.46. The van der Waals surface area contributed by atoms with Crippen LogP contribution in [-0.2, 0) is 26.2 Å². The molecule has 0 saturated heterocycles. The number of benzene rings is 2. The molecule has 164 valence electrons. The zero-order valence-corrected chi connectivity index (χ0v) is 18.1. The van der Waals surface area contributed by atoms with E-state index in [1.807, 2.05) is 0 Å². The van der Waals surface area contributed by atoms with E-state index < -0.39 is 32.9 Å². The van der Waals surface area contributed by atoms with Crippen molar-refractivity contribution < 1.29 is 26.4 Å². The van der Waals surface area contributed by atoms with Gasteiger partial charge in [0.1, 0.15) is 0 Å². The largest absolute Gasteiger partial charge is 0.416 e. The molecule has 1 aliphatic rings. The van der Waals surface area contributed by atoms with Gasteiger partial charge in [-0.05, 0) is 42.7 Å². The van der Waals surface area contributed by atoms with Crippen LogP contribution in [0.1, 0.15) is 36.8 Å². The Morgan fingerprint density at radius 2 is 1.84 bits per heavy atom. The van der Waals surface area contributed by atoms with E-state index in [1.165, 1.54) is 18.2 Å². The first kappa shape index (κ1) is 21.8. The number of fused-ring (bicyclic) bond motifs is 1. The molecule has 0 unspecified atom stereocenters. The topological polar surface area (TPSA) is 76.1 Å². The number of nitrogens with one attached hydrogen (secondary N) is 1. The van der Waals surface area contributed by atoms with Gasteiger partial charge in [0.05, 0.1) is 26.1 Å². The number of halogens is 3. The fourth-order valence-electron chi connectivity index (χ4n) is 4.02. The van der Waals surface area contributed by atoms with E-state index in [1.54, 1.807) is 12.1 Å². The molecule has 1 fully saturated rings. The van der Waals surface area contributed by atoms with Crippen molar-refractivity contribution in [2.45, 2.75) is 42.2 Å². The predicted octanol–water partition coefficient (Wildman–Crippen LogP) is 5.17. The Labute approximate surface area is 181 Å². The van der Waals surface area contributed by atoms with Gasteiger partial charge in [-0.3, -0.25) is 4.79 Å². The molecule has 31 heavy (non-hydrogen) atoms. The number of thiazole rings is 1. The summed E-state index contributed by atoms with van der Waals surface area (Å²) in [7, 11) is -3.38. The highest BCUT2D eigenvalue weighted by Gasteiger charge is 2.44. The molecule has 0 spiro atoms. The smallest absolute Gasteiger partial charge is 0.301 e. The number of amides is 1. The number of carbonyl (C=O) groups excluding carboxylic acids is 1. The van der Waals surface area contributed by atoms with Crippen molar-refractivity contribution in [3.63, 3.8) is 0 Å². The van der Waals surface area contributed by atoms with E-state index in [-0.39, 0.29) is 10.0 Å². The van der Waals surface area contributed by atoms with Crippen LogP contribution in [0.5, 0.6) is 0 Å². The first-order valence-electron chi connectivity index (χ1n) is 9.59. The molecule has 0 aliphatic heterocycles. The van der Waals surface area contributed by atoms with Crippen LogP contribution in [0.25, 0.3) is 10.2 Å². The average molecular weight is 469 g/mol. The van der Waals surface area contributed by atoms with Crippen LogP contribution in [0.2, 0.25) is 0 Å². The van der Waals surface area contributed by atoms with Gasteiger partial charge in [-0.15, -0.1) is 0 Å². The minimum atomic E-state index is -4.49. The van der Waals surface area contributed by atoms with Gasteiger partial charge in [-0.1, -0.05) is 42.4 Å². The van der Waals surface area contributed by atoms with Crippen molar-refractivity contribution in [1.29, 1.82) is 0 Å². The Bertz CT molecular complexity index is 1260. The Morgan fingerprint density at radius 3 is 2.48 bits per heavy atom.